The van der Waals surface area contributed by atoms with Crippen LogP contribution in [0.1, 0.15) is 32.1 Å². The Morgan fingerprint density at radius 1 is 1.22 bits per heavy atom. The number of halogens is 1. The van der Waals surface area contributed by atoms with Crippen LogP contribution in [0.5, 0.6) is 0 Å². The van der Waals surface area contributed by atoms with Crippen molar-refractivity contribution in [2.45, 2.75) is 38.2 Å². The van der Waals surface area contributed by atoms with Crippen LogP contribution in [0.4, 0.5) is 20.6 Å². The average molecular weight is 321 g/mol. The number of urea groups is 1. The second-order valence-electron chi connectivity index (χ2n) is 6.49. The van der Waals surface area contributed by atoms with Gasteiger partial charge in [-0.3, -0.25) is 0 Å². The largest absolute Gasteiger partial charge is 0.393 e. The van der Waals surface area contributed by atoms with Gasteiger partial charge >= 0.3 is 6.03 Å². The molecular formula is C17H24FN3O2. The fourth-order valence-corrected chi connectivity index (χ4v) is 3.46. The number of carbonyl (C=O) groups is 1. The van der Waals surface area contributed by atoms with Gasteiger partial charge in [0.25, 0.3) is 0 Å². The van der Waals surface area contributed by atoms with Crippen LogP contribution in [-0.2, 0) is 0 Å². The number of anilines is 2. The van der Waals surface area contributed by atoms with Gasteiger partial charge in [0.1, 0.15) is 5.82 Å². The molecule has 126 valence electrons. The van der Waals surface area contributed by atoms with Gasteiger partial charge < -0.3 is 20.6 Å². The number of aliphatic hydroxyl groups is 1. The molecule has 0 aromatic heterocycles. The number of benzene rings is 1. The van der Waals surface area contributed by atoms with Crippen molar-refractivity contribution in [3.8, 4) is 0 Å². The molecule has 1 saturated heterocycles. The maximum atomic E-state index is 13.8. The van der Waals surface area contributed by atoms with Crippen LogP contribution in [0.25, 0.3) is 0 Å². The minimum absolute atomic E-state index is 0.119. The van der Waals surface area contributed by atoms with E-state index in [1.165, 1.54) is 12.1 Å². The topological polar surface area (TPSA) is 64.6 Å². The highest BCUT2D eigenvalue weighted by atomic mass is 19.1. The quantitative estimate of drug-likeness (QED) is 0.799. The lowest BCUT2D eigenvalue weighted by molar-refractivity contribution is 0.133. The first-order valence-corrected chi connectivity index (χ1v) is 8.40. The number of hydrogen-bond acceptors (Lipinski definition) is 3. The van der Waals surface area contributed by atoms with Crippen molar-refractivity contribution in [1.29, 1.82) is 0 Å². The lowest BCUT2D eigenvalue weighted by atomic mass is 10.1. The van der Waals surface area contributed by atoms with Crippen LogP contribution >= 0.6 is 0 Å². The zero-order valence-corrected chi connectivity index (χ0v) is 13.2. The lowest BCUT2D eigenvalue weighted by Gasteiger charge is -2.19. The van der Waals surface area contributed by atoms with E-state index in [1.807, 2.05) is 0 Å². The predicted molar refractivity (Wildman–Crippen MR) is 88.2 cm³/mol. The van der Waals surface area contributed by atoms with Gasteiger partial charge in [-0.15, -0.1) is 0 Å². The summed E-state index contributed by atoms with van der Waals surface area (Å²) >= 11 is 0. The molecule has 2 fully saturated rings. The third kappa shape index (κ3) is 4.13. The summed E-state index contributed by atoms with van der Waals surface area (Å²) in [4.78, 5) is 14.1. The van der Waals surface area contributed by atoms with Gasteiger partial charge in [-0.1, -0.05) is 6.42 Å². The second kappa shape index (κ2) is 7.17. The van der Waals surface area contributed by atoms with Crippen LogP contribution in [-0.4, -0.2) is 36.9 Å². The summed E-state index contributed by atoms with van der Waals surface area (Å²) in [5.41, 5.74) is 1.26. The Morgan fingerprint density at radius 2 is 2.00 bits per heavy atom. The van der Waals surface area contributed by atoms with Gasteiger partial charge in [-0.25, -0.2) is 9.18 Å². The number of carbonyl (C=O) groups excluding carboxylic acids is 1. The number of aliphatic hydroxyl groups excluding tert-OH is 1. The third-order valence-electron chi connectivity index (χ3n) is 4.76. The molecule has 0 spiro atoms. The minimum atomic E-state index is -0.359. The van der Waals surface area contributed by atoms with E-state index in [-0.39, 0.29) is 23.9 Å². The van der Waals surface area contributed by atoms with Crippen molar-refractivity contribution >= 4 is 17.4 Å². The van der Waals surface area contributed by atoms with Crippen molar-refractivity contribution in [2.24, 2.45) is 5.92 Å². The zero-order chi connectivity index (χ0) is 16.2. The Bertz CT molecular complexity index is 561. The molecule has 3 N–H and O–H groups in total. The molecule has 2 amide bonds. The molecular weight excluding hydrogens is 297 g/mol. The van der Waals surface area contributed by atoms with E-state index in [0.29, 0.717) is 12.2 Å². The molecule has 0 radical (unpaired) electrons. The van der Waals surface area contributed by atoms with E-state index in [2.05, 4.69) is 15.5 Å². The molecule has 1 aromatic rings. The first-order chi connectivity index (χ1) is 11.1. The van der Waals surface area contributed by atoms with Gasteiger partial charge in [0.05, 0.1) is 6.10 Å². The van der Waals surface area contributed by atoms with Gasteiger partial charge in [-0.2, -0.15) is 0 Å². The van der Waals surface area contributed by atoms with E-state index < -0.39 is 0 Å². The Balaban J connectivity index is 1.57. The second-order valence-corrected chi connectivity index (χ2v) is 6.49. The molecule has 1 aliphatic heterocycles. The molecule has 3 rings (SSSR count). The van der Waals surface area contributed by atoms with Gasteiger partial charge in [-0.05, 0) is 43.9 Å². The third-order valence-corrected chi connectivity index (χ3v) is 4.76. The van der Waals surface area contributed by atoms with Gasteiger partial charge in [0, 0.05) is 36.9 Å². The van der Waals surface area contributed by atoms with Crippen molar-refractivity contribution in [3.63, 3.8) is 0 Å². The Labute approximate surface area is 135 Å². The van der Waals surface area contributed by atoms with Gasteiger partial charge in [0.2, 0.25) is 0 Å². The molecule has 5 nitrogen and oxygen atoms in total. The number of nitrogens with one attached hydrogen (secondary N) is 2. The van der Waals surface area contributed by atoms with Crippen LogP contribution in [0, 0.1) is 11.7 Å². The summed E-state index contributed by atoms with van der Waals surface area (Å²) in [5, 5.41) is 15.2. The van der Waals surface area contributed by atoms with E-state index in [0.717, 1.165) is 50.9 Å². The molecule has 1 heterocycles. The number of amides is 2. The van der Waals surface area contributed by atoms with Crippen molar-refractivity contribution in [3.05, 3.63) is 24.0 Å². The standard InChI is InChI=1S/C17H24FN3O2/c18-13-8-14(10-15(9-13)21-6-1-2-7-21)20-17(23)19-11-12-4-3-5-16(12)22/h8-10,12,16,22H,1-7,11H2,(H2,19,20,23)/t12-,16-/m0/s1. The fourth-order valence-electron chi connectivity index (χ4n) is 3.46. The van der Waals surface area contributed by atoms with E-state index in [9.17, 15) is 14.3 Å². The maximum absolute atomic E-state index is 13.8. The molecule has 6 heteroatoms. The Morgan fingerprint density at radius 3 is 2.70 bits per heavy atom. The normalized spacial score (nSPS) is 24.0. The van der Waals surface area contributed by atoms with Crippen LogP contribution in [0.2, 0.25) is 0 Å². The first kappa shape index (κ1) is 16.1. The molecule has 2 atom stereocenters. The molecule has 1 aliphatic carbocycles. The summed E-state index contributed by atoms with van der Waals surface area (Å²) < 4.78 is 13.8. The number of nitrogens with zero attached hydrogens (tertiary/aromatic N) is 1. The van der Waals surface area contributed by atoms with E-state index >= 15 is 0 Å². The summed E-state index contributed by atoms with van der Waals surface area (Å²) in [6, 6.07) is 4.27. The summed E-state index contributed by atoms with van der Waals surface area (Å²) in [5.74, 6) is -0.232. The van der Waals surface area contributed by atoms with Crippen LogP contribution in [0.15, 0.2) is 18.2 Å². The van der Waals surface area contributed by atoms with Crippen LogP contribution < -0.4 is 15.5 Å². The molecule has 1 aromatic carbocycles. The highest BCUT2D eigenvalue weighted by Gasteiger charge is 2.25. The molecule has 2 aliphatic rings. The molecule has 23 heavy (non-hydrogen) atoms. The predicted octanol–water partition coefficient (Wildman–Crippen LogP) is 2.71. The van der Waals surface area contributed by atoms with Crippen molar-refractivity contribution in [2.75, 3.05) is 29.9 Å². The summed E-state index contributed by atoms with van der Waals surface area (Å²) in [7, 11) is 0. The molecule has 0 unspecified atom stereocenters. The highest BCUT2D eigenvalue weighted by molar-refractivity contribution is 5.89. The van der Waals surface area contributed by atoms with E-state index in [4.69, 9.17) is 0 Å². The number of hydrogen-bond donors (Lipinski definition) is 3. The summed E-state index contributed by atoms with van der Waals surface area (Å²) in [6.07, 6.45) is 4.63. The van der Waals surface area contributed by atoms with Crippen LogP contribution in [0.3, 0.4) is 0 Å². The Hall–Kier alpha value is -1.82. The number of rotatable bonds is 4. The first-order valence-electron chi connectivity index (χ1n) is 8.40. The summed E-state index contributed by atoms with van der Waals surface area (Å²) in [6.45, 7) is 2.30. The highest BCUT2D eigenvalue weighted by Crippen LogP contribution is 2.26. The fraction of sp³-hybridized carbons (Fsp3) is 0.588. The van der Waals surface area contributed by atoms with Gasteiger partial charge in [0.15, 0.2) is 0 Å². The minimum Gasteiger partial charge on any atom is -0.393 e. The SMILES string of the molecule is O=C(NC[C@@H]1CCC[C@@H]1O)Nc1cc(F)cc(N2CCCC2)c1. The Kier molecular flexibility index (Phi) is 5.00. The maximum Gasteiger partial charge on any atom is 0.319 e. The molecule has 1 saturated carbocycles. The smallest absolute Gasteiger partial charge is 0.319 e. The van der Waals surface area contributed by atoms with E-state index in [1.54, 1.807) is 6.07 Å². The molecule has 0 bridgehead atoms. The lowest BCUT2D eigenvalue weighted by Crippen LogP contribution is -2.35. The average Bonchev–Trinajstić information content (AvgIpc) is 3.16. The zero-order valence-electron chi connectivity index (χ0n) is 13.2. The van der Waals surface area contributed by atoms with Crippen molar-refractivity contribution in [1.82, 2.24) is 5.32 Å². The monoisotopic (exact) mass is 321 g/mol. The van der Waals surface area contributed by atoms with Crippen molar-refractivity contribution < 1.29 is 14.3 Å².